The first-order chi connectivity index (χ1) is 7.66. The topological polar surface area (TPSA) is 16.4 Å². The number of furan rings is 1. The zero-order valence-corrected chi connectivity index (χ0v) is 10.3. The zero-order chi connectivity index (χ0) is 11.5. The van der Waals surface area contributed by atoms with E-state index in [0.717, 1.165) is 11.4 Å². The van der Waals surface area contributed by atoms with Gasteiger partial charge in [-0.2, -0.15) is 0 Å². The van der Waals surface area contributed by atoms with Gasteiger partial charge in [0.15, 0.2) is 5.88 Å². The minimum Gasteiger partial charge on any atom is -0.449 e. The van der Waals surface area contributed by atoms with Crippen molar-refractivity contribution in [2.75, 3.05) is 11.9 Å². The average Bonchev–Trinajstić information content (AvgIpc) is 2.75. The van der Waals surface area contributed by atoms with E-state index in [4.69, 9.17) is 27.6 Å². The molecule has 2 rings (SSSR count). The number of rotatable bonds is 3. The van der Waals surface area contributed by atoms with Crippen molar-refractivity contribution in [3.05, 3.63) is 52.2 Å². The minimum absolute atomic E-state index is 0.648. The molecule has 0 aliphatic carbocycles. The van der Waals surface area contributed by atoms with Gasteiger partial charge in [0.2, 0.25) is 0 Å². The van der Waals surface area contributed by atoms with Crippen LogP contribution in [-0.2, 0) is 6.54 Å². The summed E-state index contributed by atoms with van der Waals surface area (Å²) >= 11 is 11.9. The van der Waals surface area contributed by atoms with E-state index in [1.807, 2.05) is 36.2 Å². The Morgan fingerprint density at radius 3 is 2.69 bits per heavy atom. The summed E-state index contributed by atoms with van der Waals surface area (Å²) in [6.07, 6.45) is 1.65. The molecule has 0 aliphatic rings. The maximum Gasteiger partial charge on any atom is 0.195 e. The first kappa shape index (κ1) is 11.4. The van der Waals surface area contributed by atoms with Gasteiger partial charge in [0.1, 0.15) is 0 Å². The second-order valence-corrected chi connectivity index (χ2v) is 4.39. The van der Waals surface area contributed by atoms with Crippen molar-refractivity contribution in [2.24, 2.45) is 0 Å². The van der Waals surface area contributed by atoms with Crippen LogP contribution in [0.25, 0.3) is 0 Å². The third-order valence-electron chi connectivity index (χ3n) is 2.31. The fourth-order valence-electron chi connectivity index (χ4n) is 1.47. The third-order valence-corrected chi connectivity index (χ3v) is 2.89. The van der Waals surface area contributed by atoms with E-state index in [1.165, 1.54) is 0 Å². The highest BCUT2D eigenvalue weighted by Crippen LogP contribution is 2.24. The lowest BCUT2D eigenvalue weighted by Gasteiger charge is -2.16. The van der Waals surface area contributed by atoms with Crippen molar-refractivity contribution in [1.82, 2.24) is 0 Å². The molecule has 0 aliphatic heterocycles. The number of benzene rings is 1. The first-order valence-corrected chi connectivity index (χ1v) is 5.61. The average molecular weight is 256 g/mol. The molecule has 4 heteroatoms. The predicted octanol–water partition coefficient (Wildman–Crippen LogP) is 4.22. The number of hydrogen-bond acceptors (Lipinski definition) is 2. The quantitative estimate of drug-likeness (QED) is 0.817. The lowest BCUT2D eigenvalue weighted by Crippen LogP contribution is -2.15. The van der Waals surface area contributed by atoms with Gasteiger partial charge in [0.05, 0.1) is 6.26 Å². The molecule has 0 amide bonds. The van der Waals surface area contributed by atoms with Crippen LogP contribution in [0.1, 0.15) is 5.56 Å². The van der Waals surface area contributed by atoms with Crippen molar-refractivity contribution in [3.8, 4) is 0 Å². The van der Waals surface area contributed by atoms with Crippen LogP contribution in [0.4, 0.5) is 5.88 Å². The van der Waals surface area contributed by atoms with E-state index in [2.05, 4.69) is 0 Å². The van der Waals surface area contributed by atoms with Gasteiger partial charge in [0, 0.05) is 29.7 Å². The van der Waals surface area contributed by atoms with E-state index < -0.39 is 0 Å². The van der Waals surface area contributed by atoms with Gasteiger partial charge in [-0.3, -0.25) is 0 Å². The molecule has 84 valence electrons. The SMILES string of the molecule is CN(Cc1ccc(Cl)cc1Cl)c1ccco1. The molecule has 0 fully saturated rings. The molecule has 0 saturated carbocycles. The number of halogens is 2. The fourth-order valence-corrected chi connectivity index (χ4v) is 1.94. The van der Waals surface area contributed by atoms with Gasteiger partial charge in [-0.25, -0.2) is 0 Å². The van der Waals surface area contributed by atoms with Crippen molar-refractivity contribution in [1.29, 1.82) is 0 Å². The maximum absolute atomic E-state index is 6.09. The normalized spacial score (nSPS) is 10.4. The minimum atomic E-state index is 0.648. The van der Waals surface area contributed by atoms with Gasteiger partial charge in [-0.15, -0.1) is 0 Å². The largest absolute Gasteiger partial charge is 0.449 e. The van der Waals surface area contributed by atoms with Crippen molar-refractivity contribution >= 4 is 29.1 Å². The van der Waals surface area contributed by atoms with Crippen LogP contribution in [0.15, 0.2) is 41.0 Å². The summed E-state index contributed by atoms with van der Waals surface area (Å²) in [7, 11) is 1.95. The summed E-state index contributed by atoms with van der Waals surface area (Å²) < 4.78 is 5.29. The van der Waals surface area contributed by atoms with E-state index >= 15 is 0 Å². The number of hydrogen-bond donors (Lipinski definition) is 0. The molecule has 2 aromatic rings. The van der Waals surface area contributed by atoms with Crippen LogP contribution >= 0.6 is 23.2 Å². The Kier molecular flexibility index (Phi) is 3.42. The highest BCUT2D eigenvalue weighted by Gasteiger charge is 2.07. The van der Waals surface area contributed by atoms with Gasteiger partial charge in [0.25, 0.3) is 0 Å². The molecule has 0 saturated heterocycles. The smallest absolute Gasteiger partial charge is 0.195 e. The molecular weight excluding hydrogens is 245 g/mol. The monoisotopic (exact) mass is 255 g/mol. The Morgan fingerprint density at radius 1 is 1.25 bits per heavy atom. The molecule has 1 aromatic carbocycles. The molecule has 0 N–H and O–H groups in total. The van der Waals surface area contributed by atoms with Gasteiger partial charge in [-0.05, 0) is 23.8 Å². The summed E-state index contributed by atoms with van der Waals surface area (Å²) in [6.45, 7) is 0.684. The lowest BCUT2D eigenvalue weighted by molar-refractivity contribution is 0.554. The molecule has 0 atom stereocenters. The second kappa shape index (κ2) is 4.81. The van der Waals surface area contributed by atoms with E-state index in [9.17, 15) is 0 Å². The van der Waals surface area contributed by atoms with Crippen LogP contribution in [0, 0.1) is 0 Å². The standard InChI is InChI=1S/C12H11Cl2NO/c1-15(12-3-2-6-16-12)8-9-4-5-10(13)7-11(9)14/h2-7H,8H2,1H3. The molecular formula is C12H11Cl2NO. The first-order valence-electron chi connectivity index (χ1n) is 4.85. The van der Waals surface area contributed by atoms with Crippen LogP contribution in [0.5, 0.6) is 0 Å². The summed E-state index contributed by atoms with van der Waals surface area (Å²) in [6, 6.07) is 9.26. The molecule has 0 bridgehead atoms. The number of anilines is 1. The van der Waals surface area contributed by atoms with Gasteiger partial charge in [-0.1, -0.05) is 29.3 Å². The highest BCUT2D eigenvalue weighted by atomic mass is 35.5. The highest BCUT2D eigenvalue weighted by molar-refractivity contribution is 6.35. The van der Waals surface area contributed by atoms with Crippen LogP contribution < -0.4 is 4.90 Å². The second-order valence-electron chi connectivity index (χ2n) is 3.54. The van der Waals surface area contributed by atoms with E-state index in [0.29, 0.717) is 16.6 Å². The van der Waals surface area contributed by atoms with Crippen LogP contribution in [-0.4, -0.2) is 7.05 Å². The zero-order valence-electron chi connectivity index (χ0n) is 8.78. The molecule has 0 unspecified atom stereocenters. The lowest BCUT2D eigenvalue weighted by atomic mass is 10.2. The summed E-state index contributed by atoms with van der Waals surface area (Å²) in [4.78, 5) is 1.98. The Labute approximate surface area is 104 Å². The Morgan fingerprint density at radius 2 is 2.06 bits per heavy atom. The summed E-state index contributed by atoms with van der Waals surface area (Å²) in [5, 5.41) is 1.32. The van der Waals surface area contributed by atoms with Crippen LogP contribution in [0.3, 0.4) is 0 Å². The third kappa shape index (κ3) is 2.52. The molecule has 1 heterocycles. The van der Waals surface area contributed by atoms with E-state index in [1.54, 1.807) is 12.3 Å². The van der Waals surface area contributed by atoms with E-state index in [-0.39, 0.29) is 0 Å². The molecule has 0 radical (unpaired) electrons. The Bertz CT molecular complexity index is 468. The molecule has 16 heavy (non-hydrogen) atoms. The predicted molar refractivity (Wildman–Crippen MR) is 67.3 cm³/mol. The van der Waals surface area contributed by atoms with Crippen molar-refractivity contribution in [3.63, 3.8) is 0 Å². The Hall–Kier alpha value is -1.12. The molecule has 0 spiro atoms. The van der Waals surface area contributed by atoms with Crippen LogP contribution in [0.2, 0.25) is 10.0 Å². The Balaban J connectivity index is 2.15. The number of nitrogens with zero attached hydrogens (tertiary/aromatic N) is 1. The van der Waals surface area contributed by atoms with Gasteiger partial charge >= 0.3 is 0 Å². The molecule has 1 aromatic heterocycles. The van der Waals surface area contributed by atoms with Crippen molar-refractivity contribution < 1.29 is 4.42 Å². The van der Waals surface area contributed by atoms with Gasteiger partial charge < -0.3 is 9.32 Å². The summed E-state index contributed by atoms with van der Waals surface area (Å²) in [5.74, 6) is 0.811. The van der Waals surface area contributed by atoms with Crippen molar-refractivity contribution in [2.45, 2.75) is 6.54 Å². The maximum atomic E-state index is 6.09. The molecule has 2 nitrogen and oxygen atoms in total. The fraction of sp³-hybridized carbons (Fsp3) is 0.167. The summed E-state index contributed by atoms with van der Waals surface area (Å²) in [5.41, 5.74) is 1.02.